The average molecular weight is 627 g/mol. The Labute approximate surface area is 299 Å². The largest absolute Gasteiger partial charge is 1.00 e. The van der Waals surface area contributed by atoms with E-state index < -0.39 is 39.1 Å². The Morgan fingerprint density at radius 3 is 1.85 bits per heavy atom. The van der Waals surface area contributed by atoms with Gasteiger partial charge in [0, 0.05) is 29.3 Å². The van der Waals surface area contributed by atoms with Gasteiger partial charge >= 0.3 is 71.1 Å². The number of hydrogen-bond acceptors (Lipinski definition) is 9. The van der Waals surface area contributed by atoms with Gasteiger partial charge in [0.25, 0.3) is 0 Å². The van der Waals surface area contributed by atoms with Crippen LogP contribution in [0, 0.1) is 47.9 Å². The molecule has 0 amide bonds. The van der Waals surface area contributed by atoms with Gasteiger partial charge in [-0.2, -0.15) is 0 Å². The second-order valence-electron chi connectivity index (χ2n) is 7.80. The zero-order chi connectivity index (χ0) is 29.1. The zero-order valence-electron chi connectivity index (χ0n) is 23.9. The number of unbranched alkanes of at least 4 members (excludes halogenated alkanes) is 9. The van der Waals surface area contributed by atoms with Crippen molar-refractivity contribution in [1.82, 2.24) is 0 Å². The maximum Gasteiger partial charge on any atom is 1.00 e. The summed E-state index contributed by atoms with van der Waals surface area (Å²) in [5, 5.41) is -0.139. The van der Waals surface area contributed by atoms with Crippen LogP contribution in [0.25, 0.3) is 0 Å². The number of rotatable bonds is 17. The van der Waals surface area contributed by atoms with Crippen LogP contribution in [0.1, 0.15) is 94.5 Å². The van der Waals surface area contributed by atoms with E-state index in [0.29, 0.717) is 6.42 Å². The molecular weight excluding hydrogens is 577 g/mol. The molecule has 0 heterocycles. The van der Waals surface area contributed by atoms with E-state index in [1.54, 1.807) is 0 Å². The second-order valence-corrected chi connectivity index (χ2v) is 9.58. The van der Waals surface area contributed by atoms with Crippen molar-refractivity contribution in [2.24, 2.45) is 0 Å². The van der Waals surface area contributed by atoms with E-state index >= 15 is 0 Å². The van der Waals surface area contributed by atoms with Crippen molar-refractivity contribution in [2.75, 3.05) is 13.2 Å². The van der Waals surface area contributed by atoms with Gasteiger partial charge in [-0.15, -0.1) is 19.1 Å². The van der Waals surface area contributed by atoms with Crippen LogP contribution in [0.4, 0.5) is 0 Å². The third-order valence-electron chi connectivity index (χ3n) is 4.34. The molecule has 1 atom stereocenters. The molecular formula is C27H49Na2O9PS. The van der Waals surface area contributed by atoms with Crippen LogP contribution in [0.2, 0.25) is 0 Å². The summed E-state index contributed by atoms with van der Waals surface area (Å²) >= 11 is 3.33. The third kappa shape index (κ3) is 41.8. The van der Waals surface area contributed by atoms with E-state index in [0.717, 1.165) is 19.3 Å². The molecule has 9 nitrogen and oxygen atoms in total. The molecule has 0 radical (unpaired) electrons. The van der Waals surface area contributed by atoms with Crippen LogP contribution >= 0.6 is 20.5 Å². The molecule has 13 heteroatoms. The number of phosphoric acid groups is 1. The van der Waals surface area contributed by atoms with Crippen LogP contribution in [0.15, 0.2) is 0 Å². The van der Waals surface area contributed by atoms with Gasteiger partial charge in [-0.05, 0) is 41.9 Å². The van der Waals surface area contributed by atoms with E-state index in [1.165, 1.54) is 45.4 Å². The summed E-state index contributed by atoms with van der Waals surface area (Å²) in [6.45, 7) is 2.27. The van der Waals surface area contributed by atoms with Gasteiger partial charge in [0.15, 0.2) is 11.2 Å². The van der Waals surface area contributed by atoms with E-state index in [9.17, 15) is 28.7 Å². The minimum Gasteiger partial charge on any atom is -0.790 e. The van der Waals surface area contributed by atoms with Crippen molar-refractivity contribution in [1.29, 1.82) is 0 Å². The van der Waals surface area contributed by atoms with Crippen LogP contribution in [0.5, 0.6) is 0 Å². The Balaban J connectivity index is -0.000000104. The first-order valence-electron chi connectivity index (χ1n) is 12.2. The number of carbonyl (C=O) groups is 3. The third-order valence-corrected chi connectivity index (χ3v) is 4.80. The maximum absolute atomic E-state index is 12.0. The number of terminal acetylenes is 1. The van der Waals surface area contributed by atoms with E-state index in [2.05, 4.69) is 53.7 Å². The molecule has 0 saturated carbocycles. The Hall–Kier alpha value is -0.690. The summed E-state index contributed by atoms with van der Waals surface area (Å²) in [5.41, 5.74) is 0. The predicted octanol–water partition coefficient (Wildman–Crippen LogP) is -1.57. The Morgan fingerprint density at radius 1 is 0.875 bits per heavy atom. The van der Waals surface area contributed by atoms with Gasteiger partial charge in [-0.25, -0.2) is 4.79 Å². The molecule has 0 aliphatic heterocycles. The molecule has 0 rings (SSSR count). The first kappa shape index (κ1) is 46.3. The summed E-state index contributed by atoms with van der Waals surface area (Å²) < 4.78 is 24.8. The smallest absolute Gasteiger partial charge is 0.790 e. The molecule has 0 saturated heterocycles. The summed E-state index contributed by atoms with van der Waals surface area (Å²) in [7, 11) is -5.29. The number of thiol groups is 1. The molecule has 0 unspecified atom stereocenters. The van der Waals surface area contributed by atoms with Gasteiger partial charge in [0.05, 0.1) is 14.4 Å². The first-order chi connectivity index (χ1) is 18.0. The molecule has 0 aromatic rings. The van der Waals surface area contributed by atoms with E-state index in [1.807, 2.05) is 11.8 Å². The van der Waals surface area contributed by atoms with Crippen molar-refractivity contribution in [3.05, 3.63) is 0 Å². The first-order valence-corrected chi connectivity index (χ1v) is 14.1. The van der Waals surface area contributed by atoms with E-state index in [4.69, 9.17) is 15.9 Å². The number of phosphoric ester groups is 1. The van der Waals surface area contributed by atoms with Crippen molar-refractivity contribution in [3.8, 4) is 47.9 Å². The molecule has 0 fully saturated rings. The average Bonchev–Trinajstić information content (AvgIpc) is 2.83. The molecule has 0 aromatic heterocycles. The van der Waals surface area contributed by atoms with Crippen molar-refractivity contribution < 1.29 is 112 Å². The van der Waals surface area contributed by atoms with E-state index in [-0.39, 0.29) is 80.6 Å². The monoisotopic (exact) mass is 626 g/mol. The second kappa shape index (κ2) is 32.8. The molecule has 0 N–H and O–H groups in total. The fraction of sp³-hybridized carbons (Fsp3) is 0.593. The fourth-order valence-electron chi connectivity index (χ4n) is 2.71. The Bertz CT molecular complexity index is 1010. The minimum absolute atomic E-state index is 0. The molecule has 0 spiro atoms. The quantitative estimate of drug-likeness (QED) is 0.0386. The molecule has 40 heavy (non-hydrogen) atoms. The molecule has 0 bridgehead atoms. The number of ether oxygens (including phenoxy) is 2. The van der Waals surface area contributed by atoms with Crippen LogP contribution in [-0.2, 0) is 32.9 Å². The summed E-state index contributed by atoms with van der Waals surface area (Å²) in [4.78, 5) is 54.4. The standard InChI is InChI=1S/C25H33O8P.C2H4OS.2Na.7H2/c1-3-5-7-9-11-12-13-14-16-18-20-25(27)33-23(22-32-34(28,29)30)21-31-24(26)19-17-15-10-8-6-4-2;1-2(3)4;;;;;;;;;/h2,23H,3,5,7,9,11-14,16,18,20-22H2,1H3,(H2,28,29,30);1H3,(H,3,4);;;7*1H/q;;2*+1;;;;;;;/p-2/t23-;;;;;;;;;;/m1........../s1. The van der Waals surface area contributed by atoms with Gasteiger partial charge in [-0.3, -0.25) is 9.59 Å². The number of carbonyl (C=O) groups excluding carboxylic acids is 3. The minimum atomic E-state index is -5.29. The fourth-order valence-corrected chi connectivity index (χ4v) is 3.06. The predicted molar refractivity (Wildman–Crippen MR) is 157 cm³/mol. The molecule has 0 aliphatic rings. The summed E-state index contributed by atoms with van der Waals surface area (Å²) in [6, 6.07) is 0. The maximum atomic E-state index is 12.0. The molecule has 224 valence electrons. The normalized spacial score (nSPS) is 9.80. The Kier molecular flexibility index (Phi) is 38.0. The summed E-state index contributed by atoms with van der Waals surface area (Å²) in [6.07, 6.45) is 14.8. The topological polar surface area (TPSA) is 142 Å². The van der Waals surface area contributed by atoms with Crippen molar-refractivity contribution >= 4 is 37.5 Å². The van der Waals surface area contributed by atoms with Crippen molar-refractivity contribution in [3.63, 3.8) is 0 Å². The number of esters is 2. The van der Waals surface area contributed by atoms with Crippen LogP contribution in [-0.4, -0.2) is 36.4 Å². The summed E-state index contributed by atoms with van der Waals surface area (Å²) in [5.74, 6) is 13.8. The van der Waals surface area contributed by atoms with Gasteiger partial charge in [-0.1, -0.05) is 64.7 Å². The SMILES string of the molecule is C#CC#CC#CC#CC(=O)OC[C@H](COP(=O)([O-])[O-])OC(=O)CCCCCCCCCCCC.CC(=O)S.[HH].[HH].[HH].[HH].[HH].[HH].[HH].[Na+].[Na+]. The van der Waals surface area contributed by atoms with Gasteiger partial charge in [0.2, 0.25) is 0 Å². The van der Waals surface area contributed by atoms with Gasteiger partial charge < -0.3 is 28.3 Å². The molecule has 0 aromatic carbocycles. The van der Waals surface area contributed by atoms with Gasteiger partial charge in [0.1, 0.15) is 6.61 Å². The number of hydrogen-bond donors (Lipinski definition) is 1. The Morgan fingerprint density at radius 2 is 1.35 bits per heavy atom. The van der Waals surface area contributed by atoms with Crippen molar-refractivity contribution in [2.45, 2.75) is 90.6 Å². The zero-order valence-corrected chi connectivity index (χ0v) is 29.7. The van der Waals surface area contributed by atoms with Crippen LogP contribution in [0.3, 0.4) is 0 Å². The van der Waals surface area contributed by atoms with Crippen LogP contribution < -0.4 is 68.9 Å². The molecule has 0 aliphatic carbocycles.